The van der Waals surface area contributed by atoms with Crippen LogP contribution in [0.1, 0.15) is 25.0 Å². The number of urea groups is 1. The molecule has 134 valence electrons. The van der Waals surface area contributed by atoms with Gasteiger partial charge in [-0.15, -0.1) is 0 Å². The van der Waals surface area contributed by atoms with Crippen LogP contribution in [0.25, 0.3) is 0 Å². The maximum absolute atomic E-state index is 12.7. The number of amides is 3. The Morgan fingerprint density at radius 1 is 1.19 bits per heavy atom. The molecule has 1 atom stereocenters. The number of nitriles is 1. The highest BCUT2D eigenvalue weighted by atomic mass is 16.4. The largest absolute Gasteiger partial charge is 0.465 e. The number of benzene rings is 1. The molecular weight excluding hydrogens is 332 g/mol. The second kappa shape index (κ2) is 6.61. The van der Waals surface area contributed by atoms with Gasteiger partial charge in [-0.2, -0.15) is 5.26 Å². The van der Waals surface area contributed by atoms with Crippen molar-refractivity contribution in [3.05, 3.63) is 35.4 Å². The summed E-state index contributed by atoms with van der Waals surface area (Å²) in [6, 6.07) is 8.80. The van der Waals surface area contributed by atoms with E-state index in [0.717, 1.165) is 5.56 Å². The van der Waals surface area contributed by atoms with Crippen molar-refractivity contribution in [3.63, 3.8) is 0 Å². The summed E-state index contributed by atoms with van der Waals surface area (Å²) in [4.78, 5) is 28.7. The lowest BCUT2D eigenvalue weighted by atomic mass is 10.0. The van der Waals surface area contributed by atoms with Gasteiger partial charge in [0.05, 0.1) is 17.7 Å². The number of piperazine rings is 1. The van der Waals surface area contributed by atoms with Crippen molar-refractivity contribution in [2.45, 2.75) is 25.4 Å². The van der Waals surface area contributed by atoms with Crippen LogP contribution in [0, 0.1) is 23.2 Å². The number of carbonyl (C=O) groups excluding carboxylic acids is 1. The Labute approximate surface area is 152 Å². The molecule has 7 nitrogen and oxygen atoms in total. The molecule has 1 unspecified atom stereocenters. The predicted octanol–water partition coefficient (Wildman–Crippen LogP) is 1.79. The summed E-state index contributed by atoms with van der Waals surface area (Å²) in [6.45, 7) is 5.30. The van der Waals surface area contributed by atoms with E-state index in [-0.39, 0.29) is 12.1 Å². The summed E-state index contributed by atoms with van der Waals surface area (Å²) in [7, 11) is 0. The Kier molecular flexibility index (Phi) is 4.48. The zero-order valence-electron chi connectivity index (χ0n) is 14.8. The Hall–Kier alpha value is -3.19. The molecule has 2 fully saturated rings. The fraction of sp³-hybridized carbons (Fsp3) is 0.421. The predicted molar refractivity (Wildman–Crippen MR) is 94.3 cm³/mol. The molecule has 26 heavy (non-hydrogen) atoms. The minimum Gasteiger partial charge on any atom is -0.465 e. The van der Waals surface area contributed by atoms with Crippen LogP contribution in [0.5, 0.6) is 0 Å². The van der Waals surface area contributed by atoms with Gasteiger partial charge in [-0.3, -0.25) is 0 Å². The van der Waals surface area contributed by atoms with Gasteiger partial charge in [-0.05, 0) is 38.1 Å². The topological polar surface area (TPSA) is 87.9 Å². The first-order valence-electron chi connectivity index (χ1n) is 8.41. The number of hydrogen-bond acceptors (Lipinski definition) is 3. The zero-order chi connectivity index (χ0) is 18.9. The van der Waals surface area contributed by atoms with Crippen molar-refractivity contribution in [2.24, 2.45) is 0 Å². The highest BCUT2D eigenvalue weighted by Crippen LogP contribution is 2.27. The van der Waals surface area contributed by atoms with E-state index < -0.39 is 11.6 Å². The van der Waals surface area contributed by atoms with Crippen LogP contribution >= 0.6 is 0 Å². The fourth-order valence-corrected chi connectivity index (χ4v) is 3.27. The Bertz CT molecular complexity index is 829. The van der Waals surface area contributed by atoms with E-state index in [2.05, 4.69) is 17.9 Å². The molecule has 2 aliphatic rings. The van der Waals surface area contributed by atoms with E-state index in [1.807, 2.05) is 13.8 Å². The molecule has 1 aromatic carbocycles. The molecule has 2 saturated heterocycles. The lowest BCUT2D eigenvalue weighted by Gasteiger charge is -2.34. The number of hydrogen-bond donors (Lipinski definition) is 1. The summed E-state index contributed by atoms with van der Waals surface area (Å²) in [5.41, 5.74) is 0.666. The molecule has 7 heteroatoms. The maximum Gasteiger partial charge on any atom is 0.407 e. The third-order valence-electron chi connectivity index (χ3n) is 4.82. The van der Waals surface area contributed by atoms with Crippen LogP contribution in [0.2, 0.25) is 0 Å². The molecule has 2 aliphatic heterocycles. The third-order valence-corrected chi connectivity index (χ3v) is 4.82. The normalized spacial score (nSPS) is 19.5. The van der Waals surface area contributed by atoms with Gasteiger partial charge in [0, 0.05) is 31.7 Å². The molecule has 0 aromatic heterocycles. The first kappa shape index (κ1) is 17.6. The van der Waals surface area contributed by atoms with E-state index in [4.69, 9.17) is 10.4 Å². The van der Waals surface area contributed by atoms with Gasteiger partial charge in [0.2, 0.25) is 0 Å². The molecule has 0 bridgehead atoms. The Morgan fingerprint density at radius 3 is 2.46 bits per heavy atom. The number of nitrogens with zero attached hydrogens (tertiary/aromatic N) is 4. The molecule has 1 N–H and O–H groups in total. The van der Waals surface area contributed by atoms with Crippen molar-refractivity contribution < 1.29 is 14.7 Å². The second-order valence-electron chi connectivity index (χ2n) is 6.97. The van der Waals surface area contributed by atoms with Crippen molar-refractivity contribution in [1.82, 2.24) is 14.7 Å². The van der Waals surface area contributed by atoms with Crippen molar-refractivity contribution in [1.29, 1.82) is 5.26 Å². The highest BCUT2D eigenvalue weighted by molar-refractivity contribution is 5.79. The van der Waals surface area contributed by atoms with Crippen molar-refractivity contribution in [3.8, 4) is 17.9 Å². The van der Waals surface area contributed by atoms with E-state index in [0.29, 0.717) is 31.7 Å². The number of fused-ring (bicyclic) bond motifs is 1. The minimum atomic E-state index is -0.949. The third kappa shape index (κ3) is 3.29. The van der Waals surface area contributed by atoms with Gasteiger partial charge in [0.15, 0.2) is 0 Å². The maximum atomic E-state index is 12.7. The van der Waals surface area contributed by atoms with Crippen molar-refractivity contribution >= 4 is 12.1 Å². The van der Waals surface area contributed by atoms with Gasteiger partial charge in [-0.1, -0.05) is 11.8 Å². The summed E-state index contributed by atoms with van der Waals surface area (Å²) >= 11 is 0. The molecular formula is C19H20N4O3. The zero-order valence-corrected chi connectivity index (χ0v) is 14.8. The van der Waals surface area contributed by atoms with Gasteiger partial charge in [0.1, 0.15) is 5.54 Å². The van der Waals surface area contributed by atoms with Crippen molar-refractivity contribution in [2.75, 3.05) is 26.2 Å². The van der Waals surface area contributed by atoms with Crippen LogP contribution < -0.4 is 0 Å². The fourth-order valence-electron chi connectivity index (χ4n) is 3.27. The average Bonchev–Trinajstić information content (AvgIpc) is 2.97. The molecule has 0 aliphatic carbocycles. The van der Waals surface area contributed by atoms with Crippen LogP contribution in [-0.2, 0) is 0 Å². The first-order valence-corrected chi connectivity index (χ1v) is 8.41. The number of carboxylic acid groups (broad SMARTS) is 1. The van der Waals surface area contributed by atoms with E-state index in [1.165, 1.54) is 4.90 Å². The molecule has 0 radical (unpaired) electrons. The van der Waals surface area contributed by atoms with Crippen LogP contribution in [0.4, 0.5) is 9.59 Å². The summed E-state index contributed by atoms with van der Waals surface area (Å²) in [5.74, 6) is 6.21. The van der Waals surface area contributed by atoms with E-state index in [9.17, 15) is 9.59 Å². The lowest BCUT2D eigenvalue weighted by Crippen LogP contribution is -2.53. The van der Waals surface area contributed by atoms with E-state index in [1.54, 1.807) is 34.1 Å². The second-order valence-corrected chi connectivity index (χ2v) is 6.97. The summed E-state index contributed by atoms with van der Waals surface area (Å²) in [6.07, 6.45) is -0.949. The molecule has 0 spiro atoms. The number of rotatable bonds is 1. The average molecular weight is 352 g/mol. The number of carbonyl (C=O) groups is 2. The molecule has 0 saturated carbocycles. The Morgan fingerprint density at radius 2 is 1.85 bits per heavy atom. The molecule has 3 rings (SSSR count). The van der Waals surface area contributed by atoms with Crippen LogP contribution in [0.15, 0.2) is 24.3 Å². The SMILES string of the molecule is CC(C)(C#Cc1ccc(C#N)cc1)N1CC2CN(C(=O)O)CCN2C1=O. The van der Waals surface area contributed by atoms with Gasteiger partial charge in [-0.25, -0.2) is 9.59 Å². The lowest BCUT2D eigenvalue weighted by molar-refractivity contribution is 0.0995. The highest BCUT2D eigenvalue weighted by Gasteiger charge is 2.46. The molecule has 2 heterocycles. The molecule has 3 amide bonds. The van der Waals surface area contributed by atoms with Crippen LogP contribution in [-0.4, -0.2) is 69.7 Å². The molecule has 1 aromatic rings. The quantitative estimate of drug-likeness (QED) is 0.781. The summed E-state index contributed by atoms with van der Waals surface area (Å²) < 4.78 is 0. The van der Waals surface area contributed by atoms with Gasteiger partial charge >= 0.3 is 12.1 Å². The van der Waals surface area contributed by atoms with Gasteiger partial charge in [0.25, 0.3) is 0 Å². The Balaban J connectivity index is 1.75. The first-order chi connectivity index (χ1) is 12.3. The minimum absolute atomic E-state index is 0.0980. The van der Waals surface area contributed by atoms with Crippen LogP contribution in [0.3, 0.4) is 0 Å². The summed E-state index contributed by atoms with van der Waals surface area (Å²) in [5, 5.41) is 18.0. The van der Waals surface area contributed by atoms with E-state index >= 15 is 0 Å². The van der Waals surface area contributed by atoms with Gasteiger partial charge < -0.3 is 19.8 Å². The smallest absolute Gasteiger partial charge is 0.407 e. The standard InChI is InChI=1S/C19H20N4O3/c1-19(2,8-7-14-3-5-15(11-20)6-4-14)23-13-16-12-21(18(25)26)9-10-22(16)17(23)24/h3-6,16H,9-10,12-13H2,1-2H3,(H,25,26). The monoisotopic (exact) mass is 352 g/mol.